The van der Waals surface area contributed by atoms with E-state index in [9.17, 15) is 26.3 Å². The normalized spacial score (nSPS) is 22.8. The average Bonchev–Trinajstić information content (AvgIpc) is 3.65. The monoisotopic (exact) mass is 721 g/mol. The van der Waals surface area contributed by atoms with Crippen molar-refractivity contribution in [1.82, 2.24) is 25.1 Å². The molecular formula is C39H37F6N5O2. The Morgan fingerprint density at radius 3 is 1.96 bits per heavy atom. The maximum Gasteiger partial charge on any atom is 0.416 e. The summed E-state index contributed by atoms with van der Waals surface area (Å²) in [6.07, 6.45) is -10.4. The van der Waals surface area contributed by atoms with E-state index in [0.717, 1.165) is 28.8 Å². The number of alkyl halides is 6. The van der Waals surface area contributed by atoms with Gasteiger partial charge in [-0.3, -0.25) is 4.90 Å². The number of benzene rings is 4. The molecule has 7 nitrogen and oxygen atoms in total. The summed E-state index contributed by atoms with van der Waals surface area (Å²) in [7, 11) is 1.70. The Labute approximate surface area is 297 Å². The van der Waals surface area contributed by atoms with Crippen molar-refractivity contribution in [2.24, 2.45) is 7.05 Å². The molecule has 2 fully saturated rings. The van der Waals surface area contributed by atoms with Crippen LogP contribution in [0, 0.1) is 0 Å². The van der Waals surface area contributed by atoms with Gasteiger partial charge in [0.25, 0.3) is 0 Å². The second-order valence-electron chi connectivity index (χ2n) is 13.4. The van der Waals surface area contributed by atoms with Crippen LogP contribution in [0.5, 0.6) is 0 Å². The minimum absolute atomic E-state index is 0.0531. The maximum atomic E-state index is 14.1. The SMILES string of the molecule is Cn1nnc(C2CC3(c4ccccc4)C(OC(COCc4ccccc4)c4cc(C(F)(F)F)cc(C(F)(F)F)c4)CCC2N3Cc2ccccc2)n1. The molecule has 0 spiro atoms. The first kappa shape index (κ1) is 35.8. The van der Waals surface area contributed by atoms with Gasteiger partial charge >= 0.3 is 12.4 Å². The standard InChI is InChI=1S/C39H37F6N5O2/c1-49-47-36(46-48-49)32-22-37(29-15-9-4-10-16-29)35(18-17-33(32)50(37)23-26-11-5-2-6-12-26)52-34(25-51-24-27-13-7-3-8-14-27)28-19-30(38(40,41)42)21-31(20-28)39(43,44)45/h2-16,19-21,32-35H,17-18,22-25H2,1H3. The van der Waals surface area contributed by atoms with Crippen LogP contribution in [0.1, 0.15) is 70.5 Å². The molecule has 52 heavy (non-hydrogen) atoms. The van der Waals surface area contributed by atoms with Crippen LogP contribution < -0.4 is 0 Å². The van der Waals surface area contributed by atoms with Gasteiger partial charge in [-0.2, -0.15) is 31.1 Å². The van der Waals surface area contributed by atoms with Crippen molar-refractivity contribution in [3.05, 3.63) is 148 Å². The third kappa shape index (κ3) is 7.35. The van der Waals surface area contributed by atoms with Gasteiger partial charge in [0, 0.05) is 18.5 Å². The molecule has 2 saturated heterocycles. The van der Waals surface area contributed by atoms with E-state index >= 15 is 0 Å². The van der Waals surface area contributed by atoms with E-state index in [4.69, 9.17) is 9.47 Å². The predicted molar refractivity (Wildman–Crippen MR) is 179 cm³/mol. The summed E-state index contributed by atoms with van der Waals surface area (Å²) in [6, 6.07) is 30.3. The molecule has 0 radical (unpaired) electrons. The molecule has 4 aromatic carbocycles. The number of rotatable bonds is 11. The topological polar surface area (TPSA) is 65.3 Å². The molecule has 2 aliphatic rings. The zero-order chi connectivity index (χ0) is 36.5. The summed E-state index contributed by atoms with van der Waals surface area (Å²) < 4.78 is 97.8. The van der Waals surface area contributed by atoms with Gasteiger partial charge in [-0.1, -0.05) is 91.0 Å². The Morgan fingerprint density at radius 2 is 1.38 bits per heavy atom. The Kier molecular flexibility index (Phi) is 9.94. The third-order valence-corrected chi connectivity index (χ3v) is 10.2. The fraction of sp³-hybridized carbons (Fsp3) is 0.359. The highest BCUT2D eigenvalue weighted by molar-refractivity contribution is 5.37. The third-order valence-electron chi connectivity index (χ3n) is 10.2. The van der Waals surface area contributed by atoms with Crippen molar-refractivity contribution in [2.75, 3.05) is 6.61 Å². The Bertz CT molecular complexity index is 1910. The highest BCUT2D eigenvalue weighted by Crippen LogP contribution is 2.58. The summed E-state index contributed by atoms with van der Waals surface area (Å²) in [5.41, 5.74) is -1.19. The molecule has 7 rings (SSSR count). The highest BCUT2D eigenvalue weighted by atomic mass is 19.4. The molecule has 5 aromatic rings. The van der Waals surface area contributed by atoms with Gasteiger partial charge in [0.05, 0.1) is 43.0 Å². The van der Waals surface area contributed by atoms with Gasteiger partial charge in [0.2, 0.25) is 0 Å². The number of ether oxygens (including phenoxy) is 2. The minimum Gasteiger partial charge on any atom is -0.374 e. The van der Waals surface area contributed by atoms with E-state index in [1.165, 1.54) is 4.80 Å². The number of aromatic nitrogens is 4. The van der Waals surface area contributed by atoms with Crippen LogP contribution in [0.15, 0.2) is 109 Å². The largest absolute Gasteiger partial charge is 0.416 e. The van der Waals surface area contributed by atoms with Crippen molar-refractivity contribution >= 4 is 0 Å². The predicted octanol–water partition coefficient (Wildman–Crippen LogP) is 8.64. The van der Waals surface area contributed by atoms with Crippen LogP contribution in [0.25, 0.3) is 0 Å². The van der Waals surface area contributed by atoms with E-state index < -0.39 is 41.2 Å². The van der Waals surface area contributed by atoms with Crippen LogP contribution in [0.4, 0.5) is 26.3 Å². The second-order valence-corrected chi connectivity index (χ2v) is 13.4. The zero-order valence-electron chi connectivity index (χ0n) is 28.3. The molecule has 5 unspecified atom stereocenters. The van der Waals surface area contributed by atoms with Gasteiger partial charge in [-0.15, -0.1) is 10.2 Å². The van der Waals surface area contributed by atoms with Crippen LogP contribution >= 0.6 is 0 Å². The van der Waals surface area contributed by atoms with E-state index in [1.807, 2.05) is 91.0 Å². The summed E-state index contributed by atoms with van der Waals surface area (Å²) in [4.78, 5) is 3.77. The fourth-order valence-electron chi connectivity index (χ4n) is 7.90. The van der Waals surface area contributed by atoms with E-state index in [0.29, 0.717) is 31.6 Å². The maximum absolute atomic E-state index is 14.1. The van der Waals surface area contributed by atoms with Gasteiger partial charge in [-0.05, 0) is 64.9 Å². The Balaban J connectivity index is 1.34. The summed E-state index contributed by atoms with van der Waals surface area (Å²) in [5, 5.41) is 13.1. The number of aryl methyl sites for hydroxylation is 1. The fourth-order valence-corrected chi connectivity index (χ4v) is 7.90. The molecular weight excluding hydrogens is 684 g/mol. The highest BCUT2D eigenvalue weighted by Gasteiger charge is 2.61. The lowest BCUT2D eigenvalue weighted by Gasteiger charge is -2.51. The van der Waals surface area contributed by atoms with Crippen molar-refractivity contribution in [3.63, 3.8) is 0 Å². The zero-order valence-corrected chi connectivity index (χ0v) is 28.3. The number of nitrogens with zero attached hydrogens (tertiary/aromatic N) is 5. The van der Waals surface area contributed by atoms with E-state index in [1.54, 1.807) is 7.05 Å². The van der Waals surface area contributed by atoms with Crippen LogP contribution in [0.3, 0.4) is 0 Å². The van der Waals surface area contributed by atoms with Crippen LogP contribution in [-0.4, -0.2) is 43.9 Å². The van der Waals surface area contributed by atoms with Crippen molar-refractivity contribution < 1.29 is 35.8 Å². The first-order valence-corrected chi connectivity index (χ1v) is 17.1. The molecule has 13 heteroatoms. The molecule has 0 N–H and O–H groups in total. The van der Waals surface area contributed by atoms with Crippen molar-refractivity contribution in [2.45, 2.75) is 74.5 Å². The molecule has 0 aliphatic carbocycles. The number of piperidine rings is 1. The quantitative estimate of drug-likeness (QED) is 0.127. The first-order chi connectivity index (χ1) is 24.9. The molecule has 3 heterocycles. The van der Waals surface area contributed by atoms with E-state index in [2.05, 4.69) is 20.3 Å². The van der Waals surface area contributed by atoms with Crippen molar-refractivity contribution in [1.29, 1.82) is 0 Å². The second kappa shape index (κ2) is 14.4. The molecule has 5 atom stereocenters. The van der Waals surface area contributed by atoms with Crippen molar-refractivity contribution in [3.8, 4) is 0 Å². The number of tetrazole rings is 1. The molecule has 272 valence electrons. The molecule has 0 saturated carbocycles. The Hall–Kier alpha value is -4.59. The van der Waals surface area contributed by atoms with E-state index in [-0.39, 0.29) is 36.8 Å². The minimum atomic E-state index is -5.02. The summed E-state index contributed by atoms with van der Waals surface area (Å²) in [5.74, 6) is 0.392. The first-order valence-electron chi connectivity index (χ1n) is 17.1. The number of halogens is 6. The Morgan fingerprint density at radius 1 is 0.788 bits per heavy atom. The van der Waals surface area contributed by atoms with Gasteiger partial charge in [-0.25, -0.2) is 0 Å². The lowest BCUT2D eigenvalue weighted by molar-refractivity contribution is -0.150. The van der Waals surface area contributed by atoms with Crippen LogP contribution in [0.2, 0.25) is 0 Å². The van der Waals surface area contributed by atoms with Crippen LogP contribution in [-0.2, 0) is 47.6 Å². The lowest BCUT2D eigenvalue weighted by atomic mass is 9.78. The number of hydrogen-bond acceptors (Lipinski definition) is 6. The smallest absolute Gasteiger partial charge is 0.374 e. The molecule has 2 bridgehead atoms. The van der Waals surface area contributed by atoms with Gasteiger partial charge in [0.15, 0.2) is 5.82 Å². The molecule has 2 aliphatic heterocycles. The molecule has 0 amide bonds. The van der Waals surface area contributed by atoms with Gasteiger partial charge in [0.1, 0.15) is 6.10 Å². The van der Waals surface area contributed by atoms with Gasteiger partial charge < -0.3 is 9.47 Å². The number of hydrogen-bond donors (Lipinski definition) is 0. The lowest BCUT2D eigenvalue weighted by Crippen LogP contribution is -2.57. The average molecular weight is 722 g/mol. The molecule has 1 aromatic heterocycles. The number of fused-ring (bicyclic) bond motifs is 2. The summed E-state index contributed by atoms with van der Waals surface area (Å²) in [6.45, 7) is 0.309. The summed E-state index contributed by atoms with van der Waals surface area (Å²) >= 11 is 0.